The number of hydrogen-bond acceptors (Lipinski definition) is 4. The lowest BCUT2D eigenvalue weighted by atomic mass is 10.0. The molecule has 0 unspecified atom stereocenters. The number of fused-ring (bicyclic) bond motifs is 1. The molecule has 25 heavy (non-hydrogen) atoms. The van der Waals surface area contributed by atoms with E-state index in [-0.39, 0.29) is 18.8 Å². The molecule has 1 N–H and O–H groups in total. The van der Waals surface area contributed by atoms with E-state index < -0.39 is 5.97 Å². The van der Waals surface area contributed by atoms with E-state index in [1.54, 1.807) is 25.3 Å². The molecular formula is C20H18O5. The Bertz CT molecular complexity index is 888. The summed E-state index contributed by atoms with van der Waals surface area (Å²) in [5.41, 5.74) is 0.162. The van der Waals surface area contributed by atoms with Gasteiger partial charge in [-0.1, -0.05) is 42.5 Å². The van der Waals surface area contributed by atoms with Crippen LogP contribution in [0.3, 0.4) is 0 Å². The van der Waals surface area contributed by atoms with Gasteiger partial charge in [-0.25, -0.2) is 4.79 Å². The third kappa shape index (κ3) is 3.66. The van der Waals surface area contributed by atoms with Gasteiger partial charge in [0.25, 0.3) is 0 Å². The van der Waals surface area contributed by atoms with Gasteiger partial charge in [0.05, 0.1) is 7.11 Å². The van der Waals surface area contributed by atoms with Crippen LogP contribution >= 0.6 is 0 Å². The Morgan fingerprint density at radius 3 is 2.20 bits per heavy atom. The Kier molecular flexibility index (Phi) is 5.04. The molecule has 0 amide bonds. The molecule has 3 rings (SSSR count). The van der Waals surface area contributed by atoms with Crippen LogP contribution in [0.25, 0.3) is 10.8 Å². The standard InChI is InChI=1S/C20H18O5/c1-23-16-8-4-5-9-17(16)24-12-13-25-18-11-10-14-6-2-3-7-15(14)19(18)20(21)22/h2-11H,12-13H2,1H3,(H,21,22). The van der Waals surface area contributed by atoms with Crippen LogP contribution in [-0.2, 0) is 0 Å². The van der Waals surface area contributed by atoms with Gasteiger partial charge in [-0.3, -0.25) is 0 Å². The van der Waals surface area contributed by atoms with Crippen molar-refractivity contribution in [1.29, 1.82) is 0 Å². The average molecular weight is 338 g/mol. The van der Waals surface area contributed by atoms with Gasteiger partial charge in [-0.15, -0.1) is 0 Å². The van der Waals surface area contributed by atoms with Crippen LogP contribution in [0.1, 0.15) is 10.4 Å². The van der Waals surface area contributed by atoms with Gasteiger partial charge >= 0.3 is 5.97 Å². The Morgan fingerprint density at radius 2 is 1.48 bits per heavy atom. The second-order valence-electron chi connectivity index (χ2n) is 5.31. The van der Waals surface area contributed by atoms with E-state index in [1.807, 2.05) is 42.5 Å². The molecule has 0 saturated heterocycles. The van der Waals surface area contributed by atoms with Crippen LogP contribution in [-0.4, -0.2) is 31.4 Å². The van der Waals surface area contributed by atoms with E-state index in [0.29, 0.717) is 22.6 Å². The topological polar surface area (TPSA) is 65.0 Å². The zero-order chi connectivity index (χ0) is 17.6. The van der Waals surface area contributed by atoms with E-state index in [9.17, 15) is 9.90 Å². The van der Waals surface area contributed by atoms with Gasteiger partial charge in [0.1, 0.15) is 24.5 Å². The Balaban J connectivity index is 1.71. The molecule has 0 aliphatic heterocycles. The monoisotopic (exact) mass is 338 g/mol. The molecule has 0 heterocycles. The smallest absolute Gasteiger partial charge is 0.340 e. The minimum Gasteiger partial charge on any atom is -0.493 e. The number of carboxylic acid groups (broad SMARTS) is 1. The van der Waals surface area contributed by atoms with Crippen LogP contribution < -0.4 is 14.2 Å². The quantitative estimate of drug-likeness (QED) is 0.660. The highest BCUT2D eigenvalue weighted by Crippen LogP contribution is 2.29. The molecule has 5 nitrogen and oxygen atoms in total. The van der Waals surface area contributed by atoms with Crippen molar-refractivity contribution in [1.82, 2.24) is 0 Å². The van der Waals surface area contributed by atoms with Gasteiger partial charge in [-0.05, 0) is 29.0 Å². The van der Waals surface area contributed by atoms with Crippen LogP contribution in [0.4, 0.5) is 0 Å². The number of aromatic carboxylic acids is 1. The summed E-state index contributed by atoms with van der Waals surface area (Å²) in [6.45, 7) is 0.489. The maximum absolute atomic E-state index is 11.6. The van der Waals surface area contributed by atoms with Gasteiger partial charge in [0.15, 0.2) is 11.5 Å². The highest BCUT2D eigenvalue weighted by molar-refractivity contribution is 6.06. The molecule has 0 aliphatic carbocycles. The zero-order valence-corrected chi connectivity index (χ0v) is 13.8. The summed E-state index contributed by atoms with van der Waals surface area (Å²) in [5.74, 6) is 0.567. The molecular weight excluding hydrogens is 320 g/mol. The first-order valence-corrected chi connectivity index (χ1v) is 7.84. The number of para-hydroxylation sites is 2. The summed E-state index contributed by atoms with van der Waals surface area (Å²) < 4.78 is 16.5. The molecule has 0 aliphatic rings. The number of ether oxygens (including phenoxy) is 3. The van der Waals surface area contributed by atoms with Gasteiger partial charge in [0.2, 0.25) is 0 Å². The second-order valence-corrected chi connectivity index (χ2v) is 5.31. The van der Waals surface area contributed by atoms with E-state index in [1.165, 1.54) is 0 Å². The lowest BCUT2D eigenvalue weighted by Gasteiger charge is -2.13. The first-order valence-electron chi connectivity index (χ1n) is 7.84. The fourth-order valence-corrected chi connectivity index (χ4v) is 2.63. The molecule has 0 fully saturated rings. The lowest BCUT2D eigenvalue weighted by molar-refractivity contribution is 0.0693. The van der Waals surface area contributed by atoms with Crippen molar-refractivity contribution in [2.24, 2.45) is 0 Å². The molecule has 0 bridgehead atoms. The fourth-order valence-electron chi connectivity index (χ4n) is 2.63. The van der Waals surface area contributed by atoms with Crippen molar-refractivity contribution in [2.75, 3.05) is 20.3 Å². The predicted octanol–water partition coefficient (Wildman–Crippen LogP) is 4.00. The van der Waals surface area contributed by atoms with E-state index in [4.69, 9.17) is 14.2 Å². The van der Waals surface area contributed by atoms with Crippen LogP contribution in [0, 0.1) is 0 Å². The first kappa shape index (κ1) is 16.6. The lowest BCUT2D eigenvalue weighted by Crippen LogP contribution is -2.12. The molecule has 0 saturated carbocycles. The number of methoxy groups -OCH3 is 1. The van der Waals surface area contributed by atoms with Crippen LogP contribution in [0.15, 0.2) is 60.7 Å². The Morgan fingerprint density at radius 1 is 0.840 bits per heavy atom. The molecule has 0 atom stereocenters. The van der Waals surface area contributed by atoms with Crippen LogP contribution in [0.5, 0.6) is 17.2 Å². The number of carboxylic acids is 1. The second kappa shape index (κ2) is 7.57. The molecule has 0 aromatic heterocycles. The van der Waals surface area contributed by atoms with Crippen molar-refractivity contribution in [2.45, 2.75) is 0 Å². The number of hydrogen-bond donors (Lipinski definition) is 1. The maximum atomic E-state index is 11.6. The molecule has 0 radical (unpaired) electrons. The third-order valence-electron chi connectivity index (χ3n) is 3.77. The van der Waals surface area contributed by atoms with Crippen LogP contribution in [0.2, 0.25) is 0 Å². The summed E-state index contributed by atoms with van der Waals surface area (Å²) in [5, 5.41) is 11.0. The summed E-state index contributed by atoms with van der Waals surface area (Å²) in [4.78, 5) is 11.6. The molecule has 0 spiro atoms. The maximum Gasteiger partial charge on any atom is 0.340 e. The SMILES string of the molecule is COc1ccccc1OCCOc1ccc2ccccc2c1C(=O)O. The van der Waals surface area contributed by atoms with Gasteiger partial charge < -0.3 is 19.3 Å². The summed E-state index contributed by atoms with van der Waals surface area (Å²) >= 11 is 0. The summed E-state index contributed by atoms with van der Waals surface area (Å²) in [6.07, 6.45) is 0. The van der Waals surface area contributed by atoms with Crippen molar-refractivity contribution in [3.8, 4) is 17.2 Å². The van der Waals surface area contributed by atoms with Crippen molar-refractivity contribution in [3.05, 3.63) is 66.2 Å². The normalized spacial score (nSPS) is 10.4. The largest absolute Gasteiger partial charge is 0.493 e. The zero-order valence-electron chi connectivity index (χ0n) is 13.8. The van der Waals surface area contributed by atoms with E-state index >= 15 is 0 Å². The van der Waals surface area contributed by atoms with Gasteiger partial charge in [0, 0.05) is 0 Å². The fraction of sp³-hybridized carbons (Fsp3) is 0.150. The minimum atomic E-state index is -1.02. The van der Waals surface area contributed by atoms with Crippen molar-refractivity contribution >= 4 is 16.7 Å². The van der Waals surface area contributed by atoms with Crippen molar-refractivity contribution in [3.63, 3.8) is 0 Å². The number of rotatable bonds is 7. The highest BCUT2D eigenvalue weighted by Gasteiger charge is 2.15. The van der Waals surface area contributed by atoms with E-state index in [0.717, 1.165) is 5.39 Å². The first-order chi connectivity index (χ1) is 12.2. The number of benzene rings is 3. The summed E-state index contributed by atoms with van der Waals surface area (Å²) in [6, 6.07) is 18.2. The summed E-state index contributed by atoms with van der Waals surface area (Å²) in [7, 11) is 1.58. The number of carbonyl (C=O) groups is 1. The molecule has 128 valence electrons. The average Bonchev–Trinajstić information content (AvgIpc) is 2.64. The van der Waals surface area contributed by atoms with Crippen molar-refractivity contribution < 1.29 is 24.1 Å². The van der Waals surface area contributed by atoms with E-state index in [2.05, 4.69) is 0 Å². The highest BCUT2D eigenvalue weighted by atomic mass is 16.5. The Hall–Kier alpha value is -3.21. The third-order valence-corrected chi connectivity index (χ3v) is 3.77. The molecule has 5 heteroatoms. The Labute approximate surface area is 145 Å². The minimum absolute atomic E-state index is 0.162. The molecule has 3 aromatic rings. The molecule has 3 aromatic carbocycles. The van der Waals surface area contributed by atoms with Gasteiger partial charge in [-0.2, -0.15) is 0 Å². The predicted molar refractivity (Wildman–Crippen MR) is 94.9 cm³/mol.